The highest BCUT2D eigenvalue weighted by Gasteiger charge is 2.18. The summed E-state index contributed by atoms with van der Waals surface area (Å²) < 4.78 is 4.88. The molecule has 0 spiro atoms. The predicted octanol–water partition coefficient (Wildman–Crippen LogP) is 2.19. The van der Waals surface area contributed by atoms with Crippen LogP contribution in [0, 0.1) is 0 Å². The second-order valence-electron chi connectivity index (χ2n) is 4.40. The largest absolute Gasteiger partial charge is 0.465 e. The van der Waals surface area contributed by atoms with Crippen molar-refractivity contribution in [3.05, 3.63) is 36.0 Å². The van der Waals surface area contributed by atoms with Crippen LogP contribution in [0.5, 0.6) is 0 Å². The van der Waals surface area contributed by atoms with Crippen LogP contribution in [0.25, 0.3) is 10.9 Å². The number of H-pyrrole nitrogens is 1. The number of ether oxygens (including phenoxy) is 1. The molecule has 0 unspecified atom stereocenters. The molecule has 1 N–H and O–H groups in total. The van der Waals surface area contributed by atoms with Gasteiger partial charge in [-0.1, -0.05) is 6.07 Å². The number of rotatable bonds is 5. The Morgan fingerprint density at radius 1 is 1.25 bits per heavy atom. The summed E-state index contributed by atoms with van der Waals surface area (Å²) in [6, 6.07) is 7.40. The van der Waals surface area contributed by atoms with Gasteiger partial charge in [-0.15, -0.1) is 0 Å². The summed E-state index contributed by atoms with van der Waals surface area (Å²) in [5, 5.41) is 1.05. The van der Waals surface area contributed by atoms with Crippen molar-refractivity contribution in [2.45, 2.75) is 13.8 Å². The Balaban J connectivity index is 2.16. The highest BCUT2D eigenvalue weighted by molar-refractivity contribution is 5.99. The van der Waals surface area contributed by atoms with Gasteiger partial charge in [-0.2, -0.15) is 0 Å². The van der Waals surface area contributed by atoms with Crippen LogP contribution in [0.2, 0.25) is 0 Å². The third kappa shape index (κ3) is 2.99. The normalized spacial score (nSPS) is 10.5. The van der Waals surface area contributed by atoms with Gasteiger partial charge < -0.3 is 14.6 Å². The zero-order valence-corrected chi connectivity index (χ0v) is 11.7. The predicted molar refractivity (Wildman–Crippen MR) is 76.5 cm³/mol. The quantitative estimate of drug-likeness (QED) is 0.850. The van der Waals surface area contributed by atoms with Crippen molar-refractivity contribution in [2.24, 2.45) is 0 Å². The van der Waals surface area contributed by atoms with Crippen molar-refractivity contribution in [3.8, 4) is 0 Å². The molecule has 1 amide bonds. The van der Waals surface area contributed by atoms with Gasteiger partial charge in [0.15, 0.2) is 0 Å². The van der Waals surface area contributed by atoms with Crippen LogP contribution in [-0.4, -0.2) is 41.5 Å². The fourth-order valence-electron chi connectivity index (χ4n) is 2.05. The summed E-state index contributed by atoms with van der Waals surface area (Å²) >= 11 is 0. The fourth-order valence-corrected chi connectivity index (χ4v) is 2.05. The first-order valence-corrected chi connectivity index (χ1v) is 6.67. The second kappa shape index (κ2) is 6.23. The zero-order valence-electron chi connectivity index (χ0n) is 11.7. The molecule has 20 heavy (non-hydrogen) atoms. The third-order valence-electron chi connectivity index (χ3n) is 3.10. The molecule has 0 saturated heterocycles. The number of benzene rings is 1. The number of nitrogens with zero attached hydrogens (tertiary/aromatic N) is 1. The third-order valence-corrected chi connectivity index (χ3v) is 3.10. The van der Waals surface area contributed by atoms with E-state index in [1.807, 2.05) is 25.3 Å². The molecule has 5 nitrogen and oxygen atoms in total. The Bertz CT molecular complexity index is 618. The Hall–Kier alpha value is -2.30. The minimum atomic E-state index is -0.386. The SMILES string of the molecule is CCOC(=O)CN(CC)C(=O)c1ccc2cc[nH]c2c1. The van der Waals surface area contributed by atoms with Gasteiger partial charge >= 0.3 is 5.97 Å². The van der Waals surface area contributed by atoms with Crippen LogP contribution in [0.1, 0.15) is 24.2 Å². The van der Waals surface area contributed by atoms with E-state index >= 15 is 0 Å². The molecule has 5 heteroatoms. The van der Waals surface area contributed by atoms with Gasteiger partial charge in [-0.05, 0) is 37.4 Å². The van der Waals surface area contributed by atoms with E-state index in [1.165, 1.54) is 4.90 Å². The van der Waals surface area contributed by atoms with Gasteiger partial charge in [0.2, 0.25) is 0 Å². The summed E-state index contributed by atoms with van der Waals surface area (Å²) in [6.45, 7) is 4.34. The lowest BCUT2D eigenvalue weighted by molar-refractivity contribution is -0.143. The average Bonchev–Trinajstić information content (AvgIpc) is 2.91. The van der Waals surface area contributed by atoms with Crippen molar-refractivity contribution in [2.75, 3.05) is 19.7 Å². The molecular formula is C15H18N2O3. The van der Waals surface area contributed by atoms with Gasteiger partial charge in [-0.3, -0.25) is 9.59 Å². The van der Waals surface area contributed by atoms with Crippen molar-refractivity contribution in [3.63, 3.8) is 0 Å². The summed E-state index contributed by atoms with van der Waals surface area (Å²) in [5.74, 6) is -0.555. The molecule has 0 atom stereocenters. The molecule has 0 saturated carbocycles. The van der Waals surface area contributed by atoms with Crippen molar-refractivity contribution >= 4 is 22.8 Å². The fraction of sp³-hybridized carbons (Fsp3) is 0.333. The van der Waals surface area contributed by atoms with Gasteiger partial charge in [0.05, 0.1) is 6.61 Å². The van der Waals surface area contributed by atoms with E-state index < -0.39 is 0 Å². The molecule has 0 fully saturated rings. The van der Waals surface area contributed by atoms with E-state index in [2.05, 4.69) is 4.98 Å². The van der Waals surface area contributed by atoms with Gasteiger partial charge in [0.25, 0.3) is 5.91 Å². The van der Waals surface area contributed by atoms with Crippen LogP contribution in [0.3, 0.4) is 0 Å². The summed E-state index contributed by atoms with van der Waals surface area (Å²) in [7, 11) is 0. The van der Waals surface area contributed by atoms with Gasteiger partial charge in [0, 0.05) is 23.8 Å². The number of likely N-dealkylation sites (N-methyl/N-ethyl adjacent to an activating group) is 1. The number of nitrogens with one attached hydrogen (secondary N) is 1. The lowest BCUT2D eigenvalue weighted by Gasteiger charge is -2.19. The lowest BCUT2D eigenvalue weighted by atomic mass is 10.1. The van der Waals surface area contributed by atoms with Crippen molar-refractivity contribution in [1.82, 2.24) is 9.88 Å². The molecule has 2 rings (SSSR count). The maximum Gasteiger partial charge on any atom is 0.325 e. The molecule has 0 aliphatic heterocycles. The van der Waals surface area contributed by atoms with Crippen LogP contribution >= 0.6 is 0 Å². The molecule has 1 aromatic heterocycles. The first kappa shape index (κ1) is 14.1. The maximum absolute atomic E-state index is 12.4. The Morgan fingerprint density at radius 3 is 2.75 bits per heavy atom. The average molecular weight is 274 g/mol. The lowest BCUT2D eigenvalue weighted by Crippen LogP contribution is -2.36. The Morgan fingerprint density at radius 2 is 2.05 bits per heavy atom. The molecule has 0 radical (unpaired) electrons. The van der Waals surface area contributed by atoms with E-state index in [4.69, 9.17) is 4.74 Å². The molecule has 1 heterocycles. The molecule has 0 aliphatic carbocycles. The molecule has 0 bridgehead atoms. The van der Waals surface area contributed by atoms with Crippen molar-refractivity contribution in [1.29, 1.82) is 0 Å². The van der Waals surface area contributed by atoms with E-state index in [0.717, 1.165) is 10.9 Å². The summed E-state index contributed by atoms with van der Waals surface area (Å²) in [5.41, 5.74) is 1.47. The smallest absolute Gasteiger partial charge is 0.325 e. The number of fused-ring (bicyclic) bond motifs is 1. The molecular weight excluding hydrogens is 256 g/mol. The number of aromatic amines is 1. The minimum Gasteiger partial charge on any atom is -0.465 e. The molecule has 0 aliphatic rings. The van der Waals surface area contributed by atoms with E-state index in [9.17, 15) is 9.59 Å². The van der Waals surface area contributed by atoms with Crippen LogP contribution in [0.4, 0.5) is 0 Å². The van der Waals surface area contributed by atoms with E-state index in [0.29, 0.717) is 18.7 Å². The first-order chi connectivity index (χ1) is 9.65. The monoisotopic (exact) mass is 274 g/mol. The zero-order chi connectivity index (χ0) is 14.5. The summed E-state index contributed by atoms with van der Waals surface area (Å²) in [6.07, 6.45) is 1.83. The van der Waals surface area contributed by atoms with Crippen LogP contribution in [0.15, 0.2) is 30.5 Å². The minimum absolute atomic E-state index is 0.0219. The standard InChI is InChI=1S/C15H18N2O3/c1-3-17(10-14(18)20-4-2)15(19)12-6-5-11-7-8-16-13(11)9-12/h5-9,16H,3-4,10H2,1-2H3. The number of carbonyl (C=O) groups is 2. The molecule has 1 aromatic carbocycles. The van der Waals surface area contributed by atoms with Gasteiger partial charge in [-0.25, -0.2) is 0 Å². The van der Waals surface area contributed by atoms with Crippen LogP contribution < -0.4 is 0 Å². The number of aromatic nitrogens is 1. The Kier molecular flexibility index (Phi) is 4.40. The summed E-state index contributed by atoms with van der Waals surface area (Å²) in [4.78, 5) is 28.4. The van der Waals surface area contributed by atoms with Gasteiger partial charge in [0.1, 0.15) is 6.54 Å². The maximum atomic E-state index is 12.4. The highest BCUT2D eigenvalue weighted by Crippen LogP contribution is 2.15. The number of esters is 1. The second-order valence-corrected chi connectivity index (χ2v) is 4.40. The topological polar surface area (TPSA) is 62.4 Å². The number of amides is 1. The van der Waals surface area contributed by atoms with E-state index in [1.54, 1.807) is 19.1 Å². The molecule has 106 valence electrons. The van der Waals surface area contributed by atoms with E-state index in [-0.39, 0.29) is 18.4 Å². The molecule has 2 aromatic rings. The van der Waals surface area contributed by atoms with Crippen LogP contribution in [-0.2, 0) is 9.53 Å². The number of hydrogen-bond acceptors (Lipinski definition) is 3. The first-order valence-electron chi connectivity index (χ1n) is 6.67. The van der Waals surface area contributed by atoms with Crippen molar-refractivity contribution < 1.29 is 14.3 Å². The number of carbonyl (C=O) groups excluding carboxylic acids is 2. The highest BCUT2D eigenvalue weighted by atomic mass is 16.5. The number of hydrogen-bond donors (Lipinski definition) is 1. The Labute approximate surface area is 117 Å².